The number of aromatic nitrogens is 1. The number of para-hydroxylation sites is 1. The Kier molecular flexibility index (Phi) is 8.72. The molecule has 4 aromatic rings. The summed E-state index contributed by atoms with van der Waals surface area (Å²) in [5, 5.41) is 2.69. The summed E-state index contributed by atoms with van der Waals surface area (Å²) in [5.41, 5.74) is 1.32. The van der Waals surface area contributed by atoms with Gasteiger partial charge in [-0.3, -0.25) is 9.69 Å². The third-order valence-corrected chi connectivity index (χ3v) is 6.48. The van der Waals surface area contributed by atoms with Crippen LogP contribution in [0.4, 0.5) is 5.13 Å². The average molecular weight is 500 g/mol. The summed E-state index contributed by atoms with van der Waals surface area (Å²) in [6, 6.07) is 17.7. The molecule has 0 saturated carbocycles. The van der Waals surface area contributed by atoms with Gasteiger partial charge in [0, 0.05) is 6.54 Å². The number of anilines is 1. The van der Waals surface area contributed by atoms with Gasteiger partial charge in [-0.2, -0.15) is 0 Å². The molecule has 180 valence electrons. The van der Waals surface area contributed by atoms with Crippen molar-refractivity contribution in [1.29, 1.82) is 0 Å². The quantitative estimate of drug-likeness (QED) is 0.288. The van der Waals surface area contributed by atoms with Crippen molar-refractivity contribution in [3.05, 3.63) is 60.2 Å². The van der Waals surface area contributed by atoms with E-state index < -0.39 is 0 Å². The molecule has 0 aliphatic carbocycles. The zero-order valence-corrected chi connectivity index (χ0v) is 21.5. The molecule has 0 spiro atoms. The number of hydrogen-bond acceptors (Lipinski definition) is 6. The molecule has 1 aromatic heterocycles. The van der Waals surface area contributed by atoms with Crippen LogP contribution in [0.15, 0.2) is 54.6 Å². The molecule has 0 unspecified atom stereocenters. The third kappa shape index (κ3) is 5.43. The van der Waals surface area contributed by atoms with Crippen molar-refractivity contribution < 1.29 is 14.3 Å². The lowest BCUT2D eigenvalue weighted by atomic mass is 10.0. The second-order valence-electron chi connectivity index (χ2n) is 8.05. The van der Waals surface area contributed by atoms with Crippen molar-refractivity contribution in [2.45, 2.75) is 13.3 Å². The molecular weight excluding hydrogens is 470 g/mol. The lowest BCUT2D eigenvalue weighted by Crippen LogP contribution is -2.33. The van der Waals surface area contributed by atoms with Gasteiger partial charge in [0.05, 0.1) is 24.0 Å². The topological polar surface area (TPSA) is 54.9 Å². The normalized spacial score (nSPS) is 11.0. The van der Waals surface area contributed by atoms with Gasteiger partial charge in [-0.15, -0.1) is 12.4 Å². The average Bonchev–Trinajstić information content (AvgIpc) is 3.25. The maximum atomic E-state index is 13.9. The fourth-order valence-electron chi connectivity index (χ4n) is 3.83. The molecule has 0 aliphatic heterocycles. The van der Waals surface area contributed by atoms with Crippen LogP contribution in [-0.2, 0) is 0 Å². The molecule has 0 fully saturated rings. The van der Waals surface area contributed by atoms with Crippen molar-refractivity contribution in [2.75, 3.05) is 45.8 Å². The summed E-state index contributed by atoms with van der Waals surface area (Å²) in [6.45, 7) is 3.94. The Morgan fingerprint density at radius 1 is 1.00 bits per heavy atom. The zero-order chi connectivity index (χ0) is 23.4. The van der Waals surface area contributed by atoms with Gasteiger partial charge in [-0.05, 0) is 69.0 Å². The number of carbonyl (C=O) groups is 1. The van der Waals surface area contributed by atoms with Gasteiger partial charge in [0.1, 0.15) is 17.0 Å². The summed E-state index contributed by atoms with van der Waals surface area (Å²) in [4.78, 5) is 22.6. The maximum absolute atomic E-state index is 13.9. The third-order valence-electron chi connectivity index (χ3n) is 5.43. The molecular formula is C26H30ClN3O3S. The SMILES string of the molecule is CCOc1cccc2sc(N(CCCN(C)C)C(=O)c3cc4ccccc4cc3OC)nc12.Cl. The smallest absolute Gasteiger partial charge is 0.263 e. The van der Waals surface area contributed by atoms with E-state index in [1.165, 1.54) is 11.3 Å². The van der Waals surface area contributed by atoms with E-state index in [9.17, 15) is 4.79 Å². The summed E-state index contributed by atoms with van der Waals surface area (Å²) in [6.07, 6.45) is 0.822. The molecule has 34 heavy (non-hydrogen) atoms. The van der Waals surface area contributed by atoms with Gasteiger partial charge >= 0.3 is 0 Å². The minimum Gasteiger partial charge on any atom is -0.496 e. The molecule has 0 saturated heterocycles. The van der Waals surface area contributed by atoms with Crippen LogP contribution in [0.3, 0.4) is 0 Å². The summed E-state index contributed by atoms with van der Waals surface area (Å²) < 4.78 is 12.4. The van der Waals surface area contributed by atoms with Crippen LogP contribution in [0.5, 0.6) is 11.5 Å². The van der Waals surface area contributed by atoms with Crippen LogP contribution in [0.25, 0.3) is 21.0 Å². The predicted octanol–water partition coefficient (Wildman–Crippen LogP) is 5.88. The van der Waals surface area contributed by atoms with E-state index in [2.05, 4.69) is 4.90 Å². The number of ether oxygens (including phenoxy) is 2. The molecule has 1 heterocycles. The number of amides is 1. The molecule has 1 amide bonds. The number of nitrogens with zero attached hydrogens (tertiary/aromatic N) is 3. The number of fused-ring (bicyclic) bond motifs is 2. The molecule has 0 bridgehead atoms. The number of halogens is 1. The highest BCUT2D eigenvalue weighted by atomic mass is 35.5. The van der Waals surface area contributed by atoms with E-state index in [0.29, 0.717) is 29.6 Å². The number of thiazole rings is 1. The van der Waals surface area contributed by atoms with E-state index in [-0.39, 0.29) is 18.3 Å². The van der Waals surface area contributed by atoms with Crippen molar-refractivity contribution in [3.63, 3.8) is 0 Å². The lowest BCUT2D eigenvalue weighted by Gasteiger charge is -2.22. The minimum absolute atomic E-state index is 0. The Morgan fingerprint density at radius 2 is 1.74 bits per heavy atom. The molecule has 0 N–H and O–H groups in total. The molecule has 0 aliphatic rings. The second kappa shape index (κ2) is 11.5. The van der Waals surface area contributed by atoms with Gasteiger partial charge in [0.25, 0.3) is 5.91 Å². The Hall–Kier alpha value is -2.87. The van der Waals surface area contributed by atoms with E-state index in [0.717, 1.165) is 39.7 Å². The molecule has 6 nitrogen and oxygen atoms in total. The summed E-state index contributed by atoms with van der Waals surface area (Å²) >= 11 is 1.50. The predicted molar refractivity (Wildman–Crippen MR) is 143 cm³/mol. The number of hydrogen-bond donors (Lipinski definition) is 0. The van der Waals surface area contributed by atoms with E-state index in [1.54, 1.807) is 12.0 Å². The first-order valence-electron chi connectivity index (χ1n) is 11.1. The van der Waals surface area contributed by atoms with Crippen molar-refractivity contribution >= 4 is 55.8 Å². The first-order chi connectivity index (χ1) is 16.0. The highest BCUT2D eigenvalue weighted by Gasteiger charge is 2.25. The van der Waals surface area contributed by atoms with Crippen LogP contribution in [-0.4, -0.2) is 56.7 Å². The lowest BCUT2D eigenvalue weighted by molar-refractivity contribution is 0.0983. The van der Waals surface area contributed by atoms with Crippen LogP contribution in [0, 0.1) is 0 Å². The zero-order valence-electron chi connectivity index (χ0n) is 19.9. The summed E-state index contributed by atoms with van der Waals surface area (Å²) in [7, 11) is 5.67. The molecule has 8 heteroatoms. The first-order valence-corrected chi connectivity index (χ1v) is 11.9. The highest BCUT2D eigenvalue weighted by Crippen LogP contribution is 2.36. The molecule has 3 aromatic carbocycles. The largest absolute Gasteiger partial charge is 0.496 e. The number of benzene rings is 3. The van der Waals surface area contributed by atoms with Gasteiger partial charge < -0.3 is 14.4 Å². The van der Waals surface area contributed by atoms with Crippen LogP contribution in [0.1, 0.15) is 23.7 Å². The molecule has 4 rings (SSSR count). The van der Waals surface area contributed by atoms with Crippen LogP contribution in [0.2, 0.25) is 0 Å². The van der Waals surface area contributed by atoms with Crippen LogP contribution >= 0.6 is 23.7 Å². The number of rotatable bonds is 9. The highest BCUT2D eigenvalue weighted by molar-refractivity contribution is 7.22. The van der Waals surface area contributed by atoms with Crippen molar-refractivity contribution in [1.82, 2.24) is 9.88 Å². The Bertz CT molecular complexity index is 1270. The Labute approximate surface area is 210 Å². The number of methoxy groups -OCH3 is 1. The fourth-order valence-corrected chi connectivity index (χ4v) is 4.84. The van der Waals surface area contributed by atoms with E-state index in [1.807, 2.05) is 75.6 Å². The summed E-state index contributed by atoms with van der Waals surface area (Å²) in [5.74, 6) is 1.18. The standard InChI is InChI=1S/C26H29N3O3S.ClH/c1-5-32-21-12-8-13-23-24(21)27-26(33-23)29(15-9-14-28(2)3)25(30)20-16-18-10-6-7-11-19(18)17-22(20)31-4;/h6-8,10-13,16-17H,5,9,14-15H2,1-4H3;1H. The monoisotopic (exact) mass is 499 g/mol. The van der Waals surface area contributed by atoms with Gasteiger partial charge in [-0.25, -0.2) is 4.98 Å². The number of carbonyl (C=O) groups excluding carboxylic acids is 1. The fraction of sp³-hybridized carbons (Fsp3) is 0.308. The van der Waals surface area contributed by atoms with Gasteiger partial charge in [0.15, 0.2) is 5.13 Å². The van der Waals surface area contributed by atoms with Gasteiger partial charge in [-0.1, -0.05) is 41.7 Å². The molecule has 0 atom stereocenters. The molecule has 0 radical (unpaired) electrons. The second-order valence-corrected chi connectivity index (χ2v) is 9.05. The Balaban J connectivity index is 0.00000324. The van der Waals surface area contributed by atoms with E-state index >= 15 is 0 Å². The maximum Gasteiger partial charge on any atom is 0.263 e. The van der Waals surface area contributed by atoms with Gasteiger partial charge in [0.2, 0.25) is 0 Å². The first kappa shape index (κ1) is 25.7. The minimum atomic E-state index is -0.117. The van der Waals surface area contributed by atoms with Crippen molar-refractivity contribution in [2.24, 2.45) is 0 Å². The van der Waals surface area contributed by atoms with E-state index in [4.69, 9.17) is 14.5 Å². The Morgan fingerprint density at radius 3 is 2.41 bits per heavy atom. The van der Waals surface area contributed by atoms with Crippen LogP contribution < -0.4 is 14.4 Å². The van der Waals surface area contributed by atoms with Crippen molar-refractivity contribution in [3.8, 4) is 11.5 Å².